The molecule has 138 valence electrons. The fourth-order valence-corrected chi connectivity index (χ4v) is 3.31. The minimum atomic E-state index is -0.470. The zero-order valence-corrected chi connectivity index (χ0v) is 15.4. The average Bonchev–Trinajstić information content (AvgIpc) is 3.26. The fourth-order valence-electron chi connectivity index (χ4n) is 3.15. The molecule has 1 aliphatic rings. The highest BCUT2D eigenvalue weighted by Crippen LogP contribution is 2.34. The standard InChI is InChI=1S/C17H19ClN4O4/c1-9-20-16(26-21-9)13-8-22(7-12(13)15(23)19-2)17(24)11-5-4-10(18)6-14(11)25-3/h4-6,12-13H,7-8H2,1-3H3,(H,19,23). The van der Waals surface area contributed by atoms with Crippen molar-refractivity contribution < 1.29 is 18.8 Å². The maximum atomic E-state index is 13.0. The van der Waals surface area contributed by atoms with E-state index in [1.54, 1.807) is 37.1 Å². The van der Waals surface area contributed by atoms with E-state index in [0.717, 1.165) is 0 Å². The van der Waals surface area contributed by atoms with E-state index in [4.69, 9.17) is 20.9 Å². The lowest BCUT2D eigenvalue weighted by Gasteiger charge is -2.18. The third-order valence-electron chi connectivity index (χ3n) is 4.44. The summed E-state index contributed by atoms with van der Waals surface area (Å²) in [6.45, 7) is 2.25. The Bertz CT molecular complexity index is 838. The first kappa shape index (κ1) is 18.2. The van der Waals surface area contributed by atoms with Gasteiger partial charge in [0.15, 0.2) is 5.82 Å². The first-order chi connectivity index (χ1) is 12.4. The number of benzene rings is 1. The van der Waals surface area contributed by atoms with Gasteiger partial charge >= 0.3 is 0 Å². The van der Waals surface area contributed by atoms with Crippen LogP contribution in [0.5, 0.6) is 5.75 Å². The number of rotatable bonds is 4. The van der Waals surface area contributed by atoms with Gasteiger partial charge in [0.2, 0.25) is 11.8 Å². The maximum Gasteiger partial charge on any atom is 0.257 e. The van der Waals surface area contributed by atoms with Gasteiger partial charge in [-0.1, -0.05) is 16.8 Å². The van der Waals surface area contributed by atoms with Crippen LogP contribution in [0.15, 0.2) is 22.7 Å². The van der Waals surface area contributed by atoms with E-state index in [1.807, 2.05) is 0 Å². The monoisotopic (exact) mass is 378 g/mol. The Morgan fingerprint density at radius 3 is 2.77 bits per heavy atom. The molecular weight excluding hydrogens is 360 g/mol. The lowest BCUT2D eigenvalue weighted by Crippen LogP contribution is -2.33. The Kier molecular flexibility index (Phi) is 5.13. The molecule has 1 aliphatic heterocycles. The molecule has 9 heteroatoms. The second kappa shape index (κ2) is 7.33. The predicted molar refractivity (Wildman–Crippen MR) is 93.2 cm³/mol. The van der Waals surface area contributed by atoms with Gasteiger partial charge in [-0.05, 0) is 25.1 Å². The van der Waals surface area contributed by atoms with Gasteiger partial charge in [-0.2, -0.15) is 4.98 Å². The number of halogens is 1. The Morgan fingerprint density at radius 1 is 1.38 bits per heavy atom. The first-order valence-corrected chi connectivity index (χ1v) is 8.47. The summed E-state index contributed by atoms with van der Waals surface area (Å²) in [6.07, 6.45) is 0. The molecule has 1 fully saturated rings. The number of methoxy groups -OCH3 is 1. The van der Waals surface area contributed by atoms with E-state index in [-0.39, 0.29) is 24.3 Å². The van der Waals surface area contributed by atoms with E-state index in [0.29, 0.717) is 34.6 Å². The largest absolute Gasteiger partial charge is 0.496 e. The smallest absolute Gasteiger partial charge is 0.257 e. The van der Waals surface area contributed by atoms with Gasteiger partial charge in [0.1, 0.15) is 5.75 Å². The molecule has 0 bridgehead atoms. The van der Waals surface area contributed by atoms with Gasteiger partial charge in [-0.3, -0.25) is 9.59 Å². The topological polar surface area (TPSA) is 97.6 Å². The molecule has 1 aromatic heterocycles. The molecule has 0 saturated carbocycles. The van der Waals surface area contributed by atoms with Crippen LogP contribution in [0.4, 0.5) is 0 Å². The molecule has 2 atom stereocenters. The van der Waals surface area contributed by atoms with Crippen LogP contribution in [0.2, 0.25) is 5.02 Å². The van der Waals surface area contributed by atoms with Gasteiger partial charge in [-0.15, -0.1) is 0 Å². The van der Waals surface area contributed by atoms with Crippen LogP contribution in [0, 0.1) is 12.8 Å². The van der Waals surface area contributed by atoms with Crippen LogP contribution in [-0.4, -0.2) is 54.1 Å². The minimum absolute atomic E-state index is 0.177. The summed E-state index contributed by atoms with van der Waals surface area (Å²) >= 11 is 5.96. The van der Waals surface area contributed by atoms with Crippen molar-refractivity contribution in [2.75, 3.05) is 27.2 Å². The Hall–Kier alpha value is -2.61. The Balaban J connectivity index is 1.89. The molecule has 3 rings (SSSR count). The van der Waals surface area contributed by atoms with E-state index in [1.165, 1.54) is 7.11 Å². The van der Waals surface area contributed by atoms with Crippen molar-refractivity contribution in [3.8, 4) is 5.75 Å². The number of nitrogens with zero attached hydrogens (tertiary/aromatic N) is 3. The molecule has 26 heavy (non-hydrogen) atoms. The molecule has 1 saturated heterocycles. The predicted octanol–water partition coefficient (Wildman–Crippen LogP) is 1.64. The summed E-state index contributed by atoms with van der Waals surface area (Å²) in [4.78, 5) is 31.1. The third kappa shape index (κ3) is 3.37. The van der Waals surface area contributed by atoms with E-state index in [9.17, 15) is 9.59 Å². The number of carbonyl (C=O) groups is 2. The number of hydrogen-bond acceptors (Lipinski definition) is 6. The van der Waals surface area contributed by atoms with Crippen molar-refractivity contribution >= 4 is 23.4 Å². The number of nitrogens with one attached hydrogen (secondary N) is 1. The van der Waals surface area contributed by atoms with Gasteiger partial charge in [0.05, 0.1) is 24.5 Å². The van der Waals surface area contributed by atoms with Gasteiger partial charge in [-0.25, -0.2) is 0 Å². The van der Waals surface area contributed by atoms with Gasteiger partial charge in [0, 0.05) is 25.2 Å². The number of amides is 2. The summed E-state index contributed by atoms with van der Waals surface area (Å²) < 4.78 is 10.5. The van der Waals surface area contributed by atoms with E-state index < -0.39 is 5.92 Å². The SMILES string of the molecule is CNC(=O)C1CN(C(=O)c2ccc(Cl)cc2OC)CC1c1nc(C)no1. The van der Waals surface area contributed by atoms with Crippen LogP contribution in [0.3, 0.4) is 0 Å². The van der Waals surface area contributed by atoms with Crippen LogP contribution in [0.25, 0.3) is 0 Å². The maximum absolute atomic E-state index is 13.0. The van der Waals surface area contributed by atoms with Crippen LogP contribution in [0.1, 0.15) is 28.0 Å². The van der Waals surface area contributed by atoms with Gasteiger partial charge < -0.3 is 19.5 Å². The molecule has 0 aliphatic carbocycles. The van der Waals surface area contributed by atoms with Crippen LogP contribution in [-0.2, 0) is 4.79 Å². The second-order valence-corrected chi connectivity index (χ2v) is 6.50. The molecule has 1 aromatic carbocycles. The molecule has 1 N–H and O–H groups in total. The highest BCUT2D eigenvalue weighted by molar-refractivity contribution is 6.30. The van der Waals surface area contributed by atoms with Gasteiger partial charge in [0.25, 0.3) is 5.91 Å². The number of ether oxygens (including phenoxy) is 1. The quantitative estimate of drug-likeness (QED) is 0.868. The summed E-state index contributed by atoms with van der Waals surface area (Å²) in [5, 5.41) is 6.90. The van der Waals surface area contributed by atoms with Crippen molar-refractivity contribution in [2.45, 2.75) is 12.8 Å². The van der Waals surface area contributed by atoms with Crippen molar-refractivity contribution in [1.29, 1.82) is 0 Å². The molecule has 2 unspecified atom stereocenters. The lowest BCUT2D eigenvalue weighted by molar-refractivity contribution is -0.124. The minimum Gasteiger partial charge on any atom is -0.496 e. The van der Waals surface area contributed by atoms with Crippen molar-refractivity contribution in [3.05, 3.63) is 40.5 Å². The number of aromatic nitrogens is 2. The number of likely N-dealkylation sites (tertiary alicyclic amines) is 1. The highest BCUT2D eigenvalue weighted by atomic mass is 35.5. The summed E-state index contributed by atoms with van der Waals surface area (Å²) in [5.74, 6) is -0.0266. The van der Waals surface area contributed by atoms with Crippen LogP contribution >= 0.6 is 11.6 Å². The molecule has 0 spiro atoms. The summed E-state index contributed by atoms with van der Waals surface area (Å²) in [5.41, 5.74) is 0.384. The third-order valence-corrected chi connectivity index (χ3v) is 4.68. The van der Waals surface area contributed by atoms with E-state index in [2.05, 4.69) is 15.5 Å². The van der Waals surface area contributed by atoms with Crippen LogP contribution < -0.4 is 10.1 Å². The first-order valence-electron chi connectivity index (χ1n) is 8.09. The number of hydrogen-bond donors (Lipinski definition) is 1. The summed E-state index contributed by atoms with van der Waals surface area (Å²) in [7, 11) is 3.04. The average molecular weight is 379 g/mol. The van der Waals surface area contributed by atoms with Crippen molar-refractivity contribution in [2.24, 2.45) is 5.92 Å². The number of carbonyl (C=O) groups excluding carboxylic acids is 2. The summed E-state index contributed by atoms with van der Waals surface area (Å²) in [6, 6.07) is 4.82. The van der Waals surface area contributed by atoms with Crippen molar-refractivity contribution in [3.63, 3.8) is 0 Å². The highest BCUT2D eigenvalue weighted by Gasteiger charge is 2.43. The molecular formula is C17H19ClN4O4. The lowest BCUT2D eigenvalue weighted by atomic mass is 9.95. The number of aryl methyl sites for hydroxylation is 1. The zero-order valence-electron chi connectivity index (χ0n) is 14.7. The molecule has 8 nitrogen and oxygen atoms in total. The van der Waals surface area contributed by atoms with E-state index >= 15 is 0 Å². The van der Waals surface area contributed by atoms with Crippen molar-refractivity contribution in [1.82, 2.24) is 20.4 Å². The fraction of sp³-hybridized carbons (Fsp3) is 0.412. The molecule has 2 heterocycles. The molecule has 2 aromatic rings. The normalized spacial score (nSPS) is 19.5. The second-order valence-electron chi connectivity index (χ2n) is 6.06. The molecule has 0 radical (unpaired) electrons. The Morgan fingerprint density at radius 2 is 2.15 bits per heavy atom. The zero-order chi connectivity index (χ0) is 18.8. The Labute approximate surface area is 155 Å². The molecule has 2 amide bonds.